The molecule has 0 saturated carbocycles. The third-order valence-electron chi connectivity index (χ3n) is 4.17. The maximum Gasteiger partial charge on any atom is 0.243 e. The lowest BCUT2D eigenvalue weighted by Gasteiger charge is -2.21. The molecule has 1 N–H and O–H groups in total. The third kappa shape index (κ3) is 5.82. The molecular weight excluding hydrogens is 348 g/mol. The zero-order valence-electron chi connectivity index (χ0n) is 16.4. The summed E-state index contributed by atoms with van der Waals surface area (Å²) in [6.07, 6.45) is 0. The van der Waals surface area contributed by atoms with Gasteiger partial charge in [-0.1, -0.05) is 11.2 Å². The topological polar surface area (TPSA) is 87.9 Å². The standard InChI is InChI=1S/C19H26N4O4/c1-13-17(14(2)27-21-13)10-22(3)12-19(25)23(4)11-18(24)20-15-7-6-8-16(9-15)26-5/h6-9H,10-12H2,1-5H3,(H,20,24). The molecule has 8 nitrogen and oxygen atoms in total. The van der Waals surface area contributed by atoms with Crippen LogP contribution < -0.4 is 10.1 Å². The van der Waals surface area contributed by atoms with E-state index in [1.54, 1.807) is 38.4 Å². The first-order valence-corrected chi connectivity index (χ1v) is 8.58. The molecule has 8 heteroatoms. The Labute approximate surface area is 159 Å². The first kappa shape index (κ1) is 20.4. The van der Waals surface area contributed by atoms with E-state index in [9.17, 15) is 9.59 Å². The van der Waals surface area contributed by atoms with Crippen LogP contribution in [0.5, 0.6) is 5.75 Å². The molecule has 0 fully saturated rings. The van der Waals surface area contributed by atoms with Crippen LogP contribution >= 0.6 is 0 Å². The number of hydrogen-bond donors (Lipinski definition) is 1. The first-order chi connectivity index (χ1) is 12.8. The highest BCUT2D eigenvalue weighted by Gasteiger charge is 2.17. The average molecular weight is 374 g/mol. The second-order valence-electron chi connectivity index (χ2n) is 6.50. The highest BCUT2D eigenvalue weighted by Crippen LogP contribution is 2.17. The van der Waals surface area contributed by atoms with Crippen molar-refractivity contribution in [2.75, 3.05) is 39.6 Å². The highest BCUT2D eigenvalue weighted by atomic mass is 16.5. The minimum Gasteiger partial charge on any atom is -0.497 e. The number of aryl methyl sites for hydroxylation is 2. The van der Waals surface area contributed by atoms with Gasteiger partial charge in [0.2, 0.25) is 11.8 Å². The van der Waals surface area contributed by atoms with Gasteiger partial charge < -0.3 is 19.5 Å². The molecule has 0 unspecified atom stereocenters. The molecule has 0 spiro atoms. The maximum atomic E-state index is 12.4. The lowest BCUT2D eigenvalue weighted by atomic mass is 10.2. The molecule has 0 atom stereocenters. The zero-order valence-corrected chi connectivity index (χ0v) is 16.4. The number of likely N-dealkylation sites (N-methyl/N-ethyl adjacent to an activating group) is 2. The number of anilines is 1. The van der Waals surface area contributed by atoms with Gasteiger partial charge in [-0.3, -0.25) is 14.5 Å². The predicted octanol–water partition coefficient (Wildman–Crippen LogP) is 1.83. The van der Waals surface area contributed by atoms with Gasteiger partial charge in [0, 0.05) is 30.9 Å². The van der Waals surface area contributed by atoms with Crippen molar-refractivity contribution in [3.8, 4) is 5.75 Å². The molecule has 1 aromatic heterocycles. The van der Waals surface area contributed by atoms with Crippen molar-refractivity contribution in [3.63, 3.8) is 0 Å². The number of nitrogens with one attached hydrogen (secondary N) is 1. The number of benzene rings is 1. The van der Waals surface area contributed by atoms with Crippen LogP contribution in [0.15, 0.2) is 28.8 Å². The van der Waals surface area contributed by atoms with E-state index in [4.69, 9.17) is 9.26 Å². The first-order valence-electron chi connectivity index (χ1n) is 8.58. The average Bonchev–Trinajstić information content (AvgIpc) is 2.93. The van der Waals surface area contributed by atoms with E-state index in [0.29, 0.717) is 18.0 Å². The van der Waals surface area contributed by atoms with E-state index in [-0.39, 0.29) is 24.9 Å². The second-order valence-corrected chi connectivity index (χ2v) is 6.50. The fourth-order valence-corrected chi connectivity index (χ4v) is 2.61. The van der Waals surface area contributed by atoms with Crippen LogP contribution in [0.1, 0.15) is 17.0 Å². The molecule has 1 aromatic carbocycles. The van der Waals surface area contributed by atoms with Crippen molar-refractivity contribution in [1.82, 2.24) is 15.0 Å². The Kier molecular flexibility index (Phi) is 6.95. The van der Waals surface area contributed by atoms with Crippen molar-refractivity contribution < 1.29 is 18.8 Å². The lowest BCUT2D eigenvalue weighted by molar-refractivity contribution is -0.134. The molecule has 2 rings (SSSR count). The molecule has 2 amide bonds. The minimum atomic E-state index is -0.271. The second kappa shape index (κ2) is 9.18. The number of carbonyl (C=O) groups is 2. The van der Waals surface area contributed by atoms with Crippen LogP contribution in [0, 0.1) is 13.8 Å². The maximum absolute atomic E-state index is 12.4. The molecule has 0 aliphatic carbocycles. The number of ether oxygens (including phenoxy) is 1. The van der Waals surface area contributed by atoms with Gasteiger partial charge in [-0.15, -0.1) is 0 Å². The van der Waals surface area contributed by atoms with Gasteiger partial charge >= 0.3 is 0 Å². The summed E-state index contributed by atoms with van der Waals surface area (Å²) in [6.45, 7) is 4.43. The summed E-state index contributed by atoms with van der Waals surface area (Å²) >= 11 is 0. The summed E-state index contributed by atoms with van der Waals surface area (Å²) in [5.74, 6) is 0.980. The third-order valence-corrected chi connectivity index (χ3v) is 4.17. The quantitative estimate of drug-likeness (QED) is 0.758. The number of hydrogen-bond acceptors (Lipinski definition) is 6. The van der Waals surface area contributed by atoms with Crippen LogP contribution in [-0.2, 0) is 16.1 Å². The van der Waals surface area contributed by atoms with Crippen molar-refractivity contribution in [3.05, 3.63) is 41.3 Å². The van der Waals surface area contributed by atoms with Gasteiger partial charge in [-0.2, -0.15) is 0 Å². The van der Waals surface area contributed by atoms with Gasteiger partial charge in [-0.05, 0) is 33.0 Å². The zero-order chi connectivity index (χ0) is 20.0. The van der Waals surface area contributed by atoms with E-state index in [2.05, 4.69) is 10.5 Å². The fourth-order valence-electron chi connectivity index (χ4n) is 2.61. The molecule has 0 bridgehead atoms. The van der Waals surface area contributed by atoms with E-state index in [0.717, 1.165) is 17.0 Å². The fraction of sp³-hybridized carbons (Fsp3) is 0.421. The number of methoxy groups -OCH3 is 1. The van der Waals surface area contributed by atoms with Crippen molar-refractivity contribution in [2.24, 2.45) is 0 Å². The Hall–Kier alpha value is -2.87. The molecule has 1 heterocycles. The van der Waals surface area contributed by atoms with E-state index in [1.807, 2.05) is 25.8 Å². The van der Waals surface area contributed by atoms with Gasteiger partial charge in [0.25, 0.3) is 0 Å². The number of carbonyl (C=O) groups excluding carboxylic acids is 2. The highest BCUT2D eigenvalue weighted by molar-refractivity contribution is 5.94. The van der Waals surface area contributed by atoms with E-state index < -0.39 is 0 Å². The Bertz CT molecular complexity index is 783. The number of aromatic nitrogens is 1. The Morgan fingerprint density at radius 1 is 1.22 bits per heavy atom. The summed E-state index contributed by atoms with van der Waals surface area (Å²) in [7, 11) is 5.01. The molecule has 0 aliphatic rings. The summed E-state index contributed by atoms with van der Waals surface area (Å²) in [5, 5.41) is 6.68. The molecule has 0 radical (unpaired) electrons. The van der Waals surface area contributed by atoms with Gasteiger partial charge in [-0.25, -0.2) is 0 Å². The SMILES string of the molecule is COc1cccc(NC(=O)CN(C)C(=O)CN(C)Cc2c(C)noc2C)c1. The van der Waals surface area contributed by atoms with Crippen LogP contribution in [0.25, 0.3) is 0 Å². The van der Waals surface area contributed by atoms with Crippen molar-refractivity contribution >= 4 is 17.5 Å². The molecular formula is C19H26N4O4. The summed E-state index contributed by atoms with van der Waals surface area (Å²) in [4.78, 5) is 27.8. The number of rotatable bonds is 8. The van der Waals surface area contributed by atoms with Crippen LogP contribution in [0.2, 0.25) is 0 Å². The molecule has 0 saturated heterocycles. The van der Waals surface area contributed by atoms with E-state index in [1.165, 1.54) is 4.90 Å². The van der Waals surface area contributed by atoms with E-state index >= 15 is 0 Å². The monoisotopic (exact) mass is 374 g/mol. The van der Waals surface area contributed by atoms with Crippen molar-refractivity contribution in [2.45, 2.75) is 20.4 Å². The Morgan fingerprint density at radius 3 is 2.59 bits per heavy atom. The number of nitrogens with zero attached hydrogens (tertiary/aromatic N) is 3. The molecule has 27 heavy (non-hydrogen) atoms. The Balaban J connectivity index is 1.84. The molecule has 2 aromatic rings. The van der Waals surface area contributed by atoms with Crippen molar-refractivity contribution in [1.29, 1.82) is 0 Å². The van der Waals surface area contributed by atoms with Gasteiger partial charge in [0.15, 0.2) is 0 Å². The van der Waals surface area contributed by atoms with Gasteiger partial charge in [0.05, 0.1) is 25.9 Å². The Morgan fingerprint density at radius 2 is 1.96 bits per heavy atom. The van der Waals surface area contributed by atoms with Crippen LogP contribution in [0.3, 0.4) is 0 Å². The smallest absolute Gasteiger partial charge is 0.243 e. The van der Waals surface area contributed by atoms with Crippen LogP contribution in [-0.4, -0.2) is 61.1 Å². The van der Waals surface area contributed by atoms with Gasteiger partial charge in [0.1, 0.15) is 11.5 Å². The summed E-state index contributed by atoms with van der Waals surface area (Å²) < 4.78 is 10.3. The lowest BCUT2D eigenvalue weighted by Crippen LogP contribution is -2.40. The normalized spacial score (nSPS) is 10.7. The minimum absolute atomic E-state index is 0.0325. The molecule has 146 valence electrons. The predicted molar refractivity (Wildman–Crippen MR) is 102 cm³/mol. The summed E-state index contributed by atoms with van der Waals surface area (Å²) in [5.41, 5.74) is 2.41. The number of amides is 2. The largest absolute Gasteiger partial charge is 0.497 e. The van der Waals surface area contributed by atoms with Crippen LogP contribution in [0.4, 0.5) is 5.69 Å². The summed E-state index contributed by atoms with van der Waals surface area (Å²) in [6, 6.07) is 7.06. The molecule has 0 aliphatic heterocycles.